The number of hydrogen-bond donors (Lipinski definition) is 0. The predicted octanol–water partition coefficient (Wildman–Crippen LogP) is 10.1. The van der Waals surface area contributed by atoms with Crippen LogP contribution in [0.25, 0.3) is 55.6 Å². The Kier molecular flexibility index (Phi) is 5.78. The lowest BCUT2D eigenvalue weighted by molar-refractivity contribution is 0.482. The maximum absolute atomic E-state index is 6.57. The highest BCUT2D eigenvalue weighted by molar-refractivity contribution is 6.09. The Hall–Kier alpha value is -5.94. The van der Waals surface area contributed by atoms with Crippen molar-refractivity contribution in [1.29, 1.82) is 0 Å². The first-order valence-electron chi connectivity index (χ1n) is 15.6. The summed E-state index contributed by atoms with van der Waals surface area (Å²) in [6.45, 7) is 4.59. The highest BCUT2D eigenvalue weighted by Crippen LogP contribution is 2.49. The van der Waals surface area contributed by atoms with E-state index in [9.17, 15) is 0 Å². The topological polar surface area (TPSA) is 44.9 Å². The van der Waals surface area contributed by atoms with Gasteiger partial charge in [-0.05, 0) is 64.7 Å². The summed E-state index contributed by atoms with van der Waals surface area (Å²) in [5.41, 5.74) is 10.1. The summed E-state index contributed by atoms with van der Waals surface area (Å²) in [7, 11) is 0. The van der Waals surface area contributed by atoms with Crippen molar-refractivity contribution in [3.05, 3.63) is 157 Å². The predicted molar refractivity (Wildman–Crippen MR) is 185 cm³/mol. The van der Waals surface area contributed by atoms with Crippen LogP contribution < -0.4 is 4.74 Å². The number of fused-ring (bicyclic) bond motifs is 8. The summed E-state index contributed by atoms with van der Waals surface area (Å²) in [5.74, 6) is 2.37. The van der Waals surface area contributed by atoms with E-state index < -0.39 is 0 Å². The lowest BCUT2D eigenvalue weighted by Crippen LogP contribution is -2.24. The smallest absolute Gasteiger partial charge is 0.137 e. The Bertz CT molecular complexity index is 2430. The highest BCUT2D eigenvalue weighted by atomic mass is 16.5. The van der Waals surface area contributed by atoms with Crippen molar-refractivity contribution in [2.45, 2.75) is 19.3 Å². The van der Waals surface area contributed by atoms with Crippen molar-refractivity contribution in [2.75, 3.05) is 0 Å². The van der Waals surface area contributed by atoms with Crippen molar-refractivity contribution >= 4 is 21.8 Å². The van der Waals surface area contributed by atoms with Crippen molar-refractivity contribution < 1.29 is 4.74 Å². The molecule has 5 heteroatoms. The molecule has 0 saturated carbocycles. The van der Waals surface area contributed by atoms with Gasteiger partial charge in [0.1, 0.15) is 17.3 Å². The SMILES string of the molecule is CC1(C)c2ccccc2-c2ccccc2-c2cnn(-c3cccc(Oc4ccc5c6ccccc6n(-c6ccccn6)c5c4)c3)c21. The number of benzene rings is 5. The fourth-order valence-corrected chi connectivity index (χ4v) is 7.25. The van der Waals surface area contributed by atoms with Crippen molar-refractivity contribution in [2.24, 2.45) is 0 Å². The number of ether oxygens (including phenoxy) is 1. The average molecular weight is 595 g/mol. The third-order valence-electron chi connectivity index (χ3n) is 9.29. The van der Waals surface area contributed by atoms with Gasteiger partial charge in [-0.15, -0.1) is 0 Å². The fraction of sp³-hybridized carbons (Fsp3) is 0.0732. The lowest BCUT2D eigenvalue weighted by Gasteiger charge is -2.28. The molecule has 9 rings (SSSR count). The van der Waals surface area contributed by atoms with Gasteiger partial charge in [0, 0.05) is 40.1 Å². The Balaban J connectivity index is 1.15. The van der Waals surface area contributed by atoms with Gasteiger partial charge in [-0.1, -0.05) is 92.7 Å². The van der Waals surface area contributed by atoms with E-state index in [4.69, 9.17) is 9.84 Å². The maximum Gasteiger partial charge on any atom is 0.137 e. The van der Waals surface area contributed by atoms with Crippen LogP contribution in [0.2, 0.25) is 0 Å². The fourth-order valence-electron chi connectivity index (χ4n) is 7.25. The normalized spacial score (nSPS) is 13.2. The van der Waals surface area contributed by atoms with E-state index in [-0.39, 0.29) is 5.41 Å². The molecule has 1 aliphatic carbocycles. The van der Waals surface area contributed by atoms with E-state index in [1.165, 1.54) is 27.6 Å². The molecule has 0 bridgehead atoms. The van der Waals surface area contributed by atoms with Gasteiger partial charge in [-0.3, -0.25) is 4.57 Å². The third-order valence-corrected chi connectivity index (χ3v) is 9.29. The minimum absolute atomic E-state index is 0.303. The van der Waals surface area contributed by atoms with Gasteiger partial charge in [0.2, 0.25) is 0 Å². The molecule has 5 aromatic carbocycles. The number of pyridine rings is 1. The minimum Gasteiger partial charge on any atom is -0.457 e. The van der Waals surface area contributed by atoms with E-state index in [0.717, 1.165) is 50.7 Å². The van der Waals surface area contributed by atoms with Gasteiger partial charge in [-0.2, -0.15) is 5.10 Å². The maximum atomic E-state index is 6.57. The van der Waals surface area contributed by atoms with Crippen molar-refractivity contribution in [1.82, 2.24) is 19.3 Å². The van der Waals surface area contributed by atoms with Crippen LogP contribution in [0.1, 0.15) is 25.1 Å². The standard InChI is InChI=1S/C41H30N4O/c1-41(2)36-18-7-5-16-32(36)30-14-3-4-15-31(30)35-26-43-45(40(35)41)27-12-11-13-28(24-27)46-29-21-22-34-33-17-6-8-19-37(33)44(38(34)25-29)39-20-9-10-23-42-39/h3-26H,1-2H3. The van der Waals surface area contributed by atoms with Gasteiger partial charge in [0.05, 0.1) is 28.6 Å². The van der Waals surface area contributed by atoms with Crippen molar-refractivity contribution in [3.8, 4) is 45.3 Å². The Labute approximate surface area is 267 Å². The van der Waals surface area contributed by atoms with Gasteiger partial charge in [0.15, 0.2) is 0 Å². The van der Waals surface area contributed by atoms with E-state index in [2.05, 4.69) is 125 Å². The molecular formula is C41H30N4O. The lowest BCUT2D eigenvalue weighted by atomic mass is 9.78. The summed E-state index contributed by atoms with van der Waals surface area (Å²) in [5, 5.41) is 7.33. The van der Waals surface area contributed by atoms with Crippen LogP contribution in [0.3, 0.4) is 0 Å². The van der Waals surface area contributed by atoms with Crippen LogP contribution in [0, 0.1) is 0 Å². The molecule has 0 N–H and O–H groups in total. The van der Waals surface area contributed by atoms with Gasteiger partial charge in [0.25, 0.3) is 0 Å². The van der Waals surface area contributed by atoms with Crippen LogP contribution in [-0.2, 0) is 5.41 Å². The monoisotopic (exact) mass is 594 g/mol. The molecule has 0 atom stereocenters. The quantitative estimate of drug-likeness (QED) is 0.204. The Morgan fingerprint density at radius 3 is 2.15 bits per heavy atom. The number of para-hydroxylation sites is 1. The molecule has 3 aromatic heterocycles. The summed E-state index contributed by atoms with van der Waals surface area (Å²) < 4.78 is 10.9. The average Bonchev–Trinajstić information content (AvgIpc) is 3.67. The first-order valence-corrected chi connectivity index (χ1v) is 15.6. The first kappa shape index (κ1) is 26.5. The van der Waals surface area contributed by atoms with Crippen LogP contribution in [0.15, 0.2) is 146 Å². The Morgan fingerprint density at radius 1 is 0.587 bits per heavy atom. The second kappa shape index (κ2) is 10.0. The molecule has 1 aliphatic rings. The highest BCUT2D eigenvalue weighted by Gasteiger charge is 2.36. The summed E-state index contributed by atoms with van der Waals surface area (Å²) >= 11 is 0. The van der Waals surface area contributed by atoms with E-state index >= 15 is 0 Å². The first-order chi connectivity index (χ1) is 22.6. The summed E-state index contributed by atoms with van der Waals surface area (Å²) in [4.78, 5) is 4.67. The number of nitrogens with zero attached hydrogens (tertiary/aromatic N) is 4. The second-order valence-electron chi connectivity index (χ2n) is 12.4. The van der Waals surface area contributed by atoms with Crippen molar-refractivity contribution in [3.63, 3.8) is 0 Å². The van der Waals surface area contributed by atoms with Gasteiger partial charge < -0.3 is 4.74 Å². The van der Waals surface area contributed by atoms with Crippen LogP contribution in [0.4, 0.5) is 0 Å². The third kappa shape index (κ3) is 3.95. The molecule has 0 saturated heterocycles. The molecule has 5 nitrogen and oxygen atoms in total. The molecule has 0 fully saturated rings. The molecule has 3 heterocycles. The molecule has 0 unspecified atom stereocenters. The largest absolute Gasteiger partial charge is 0.457 e. The zero-order chi connectivity index (χ0) is 30.8. The molecule has 0 spiro atoms. The molecular weight excluding hydrogens is 564 g/mol. The van der Waals surface area contributed by atoms with E-state index in [1.807, 2.05) is 48.8 Å². The molecule has 0 amide bonds. The summed E-state index contributed by atoms with van der Waals surface area (Å²) in [6, 6.07) is 46.3. The zero-order valence-electron chi connectivity index (χ0n) is 25.6. The molecule has 220 valence electrons. The van der Waals surface area contributed by atoms with E-state index in [1.54, 1.807) is 0 Å². The Morgan fingerprint density at radius 2 is 1.30 bits per heavy atom. The molecule has 8 aromatic rings. The van der Waals surface area contributed by atoms with Crippen LogP contribution in [0.5, 0.6) is 11.5 Å². The molecule has 46 heavy (non-hydrogen) atoms. The number of rotatable bonds is 4. The summed E-state index contributed by atoms with van der Waals surface area (Å²) in [6.07, 6.45) is 3.84. The van der Waals surface area contributed by atoms with Gasteiger partial charge >= 0.3 is 0 Å². The second-order valence-corrected chi connectivity index (χ2v) is 12.4. The minimum atomic E-state index is -0.303. The molecule has 0 radical (unpaired) electrons. The van der Waals surface area contributed by atoms with Crippen LogP contribution in [-0.4, -0.2) is 19.3 Å². The van der Waals surface area contributed by atoms with Crippen LogP contribution >= 0.6 is 0 Å². The van der Waals surface area contributed by atoms with Gasteiger partial charge in [-0.25, -0.2) is 9.67 Å². The van der Waals surface area contributed by atoms with E-state index in [0.29, 0.717) is 0 Å². The zero-order valence-corrected chi connectivity index (χ0v) is 25.6. The molecule has 0 aliphatic heterocycles. The number of hydrogen-bond acceptors (Lipinski definition) is 3. The number of aromatic nitrogens is 4.